The van der Waals surface area contributed by atoms with Gasteiger partial charge in [0.05, 0.1) is 0 Å². The van der Waals surface area contributed by atoms with E-state index in [2.05, 4.69) is 26.1 Å². The van der Waals surface area contributed by atoms with E-state index in [1.807, 2.05) is 6.92 Å². The van der Waals surface area contributed by atoms with Crippen LogP contribution in [0.4, 0.5) is 13.2 Å². The van der Waals surface area contributed by atoms with Gasteiger partial charge in [-0.1, -0.05) is 33.6 Å². The minimum absolute atomic E-state index is 0.172. The van der Waals surface area contributed by atoms with Gasteiger partial charge >= 0.3 is 6.18 Å². The highest BCUT2D eigenvalue weighted by Gasteiger charge is 2.34. The smallest absolute Gasteiger partial charge is 0.311 e. The second kappa shape index (κ2) is 7.15. The molecule has 1 saturated carbocycles. The summed E-state index contributed by atoms with van der Waals surface area (Å²) in [7, 11) is 0. The van der Waals surface area contributed by atoms with Crippen LogP contribution in [0.25, 0.3) is 0 Å². The van der Waals surface area contributed by atoms with Crippen molar-refractivity contribution in [2.24, 2.45) is 11.3 Å². The Morgan fingerprint density at radius 2 is 1.70 bits per heavy atom. The Balaban J connectivity index is 2.40. The molecule has 1 aliphatic rings. The second-order valence-electron chi connectivity index (χ2n) is 7.44. The summed E-state index contributed by atoms with van der Waals surface area (Å²) in [6, 6.07) is 0.634. The van der Waals surface area contributed by atoms with Crippen molar-refractivity contribution in [1.29, 1.82) is 0 Å². The summed E-state index contributed by atoms with van der Waals surface area (Å²) in [5, 5.41) is 3.59. The summed E-state index contributed by atoms with van der Waals surface area (Å²) >= 11 is 0. The predicted octanol–water partition coefficient (Wildman–Crippen LogP) is 5.30. The van der Waals surface area contributed by atoms with Crippen LogP contribution in [-0.4, -0.2) is 18.3 Å². The van der Waals surface area contributed by atoms with E-state index in [0.717, 1.165) is 6.42 Å². The minimum Gasteiger partial charge on any atom is -0.311 e. The van der Waals surface area contributed by atoms with Crippen LogP contribution in [0.1, 0.15) is 72.6 Å². The molecule has 1 nitrogen and oxygen atoms in total. The predicted molar refractivity (Wildman–Crippen MR) is 77.7 cm³/mol. The van der Waals surface area contributed by atoms with E-state index in [9.17, 15) is 13.2 Å². The maximum absolute atomic E-state index is 12.2. The summed E-state index contributed by atoms with van der Waals surface area (Å²) in [6.07, 6.45) is 1.06. The molecule has 0 aromatic heterocycles. The fourth-order valence-corrected chi connectivity index (χ4v) is 3.42. The molecule has 1 fully saturated rings. The van der Waals surface area contributed by atoms with Crippen molar-refractivity contribution >= 4 is 0 Å². The van der Waals surface area contributed by atoms with Gasteiger partial charge in [0.25, 0.3) is 0 Å². The molecule has 1 aliphatic carbocycles. The lowest BCUT2D eigenvalue weighted by molar-refractivity contribution is -0.135. The Hall–Kier alpha value is -0.250. The molecule has 3 atom stereocenters. The van der Waals surface area contributed by atoms with Crippen molar-refractivity contribution in [1.82, 2.24) is 5.32 Å². The van der Waals surface area contributed by atoms with Crippen molar-refractivity contribution in [3.63, 3.8) is 0 Å². The van der Waals surface area contributed by atoms with Gasteiger partial charge in [-0.05, 0) is 43.9 Å². The molecule has 0 aliphatic heterocycles. The summed E-state index contributed by atoms with van der Waals surface area (Å²) in [4.78, 5) is 0. The van der Waals surface area contributed by atoms with Crippen LogP contribution >= 0.6 is 0 Å². The largest absolute Gasteiger partial charge is 0.389 e. The lowest BCUT2D eigenvalue weighted by atomic mass is 9.69. The molecule has 4 heteroatoms. The first kappa shape index (κ1) is 17.8. The van der Waals surface area contributed by atoms with Crippen molar-refractivity contribution in [2.45, 2.75) is 90.9 Å². The van der Waals surface area contributed by atoms with Crippen LogP contribution in [0.5, 0.6) is 0 Å². The highest BCUT2D eigenvalue weighted by molar-refractivity contribution is 4.89. The minimum atomic E-state index is -4.02. The molecular formula is C16H30F3N. The number of hydrogen-bond donors (Lipinski definition) is 1. The second-order valence-corrected chi connectivity index (χ2v) is 7.44. The van der Waals surface area contributed by atoms with Gasteiger partial charge < -0.3 is 5.32 Å². The van der Waals surface area contributed by atoms with Crippen LogP contribution in [0.15, 0.2) is 0 Å². The zero-order valence-electron chi connectivity index (χ0n) is 13.3. The lowest BCUT2D eigenvalue weighted by Gasteiger charge is -2.42. The quantitative estimate of drug-likeness (QED) is 0.725. The van der Waals surface area contributed by atoms with E-state index >= 15 is 0 Å². The first-order valence-corrected chi connectivity index (χ1v) is 7.92. The number of halogens is 3. The summed E-state index contributed by atoms with van der Waals surface area (Å²) in [5.74, 6) is 0.626. The highest BCUT2D eigenvalue weighted by atomic mass is 19.4. The maximum Gasteiger partial charge on any atom is 0.389 e. The van der Waals surface area contributed by atoms with E-state index in [0.29, 0.717) is 18.4 Å². The molecule has 0 aromatic rings. The lowest BCUT2D eigenvalue weighted by Crippen LogP contribution is -2.47. The van der Waals surface area contributed by atoms with Gasteiger partial charge in [-0.3, -0.25) is 0 Å². The van der Waals surface area contributed by atoms with E-state index in [1.54, 1.807) is 0 Å². The van der Waals surface area contributed by atoms with Gasteiger partial charge in [0.1, 0.15) is 0 Å². The highest BCUT2D eigenvalue weighted by Crippen LogP contribution is 2.38. The Morgan fingerprint density at radius 3 is 2.25 bits per heavy atom. The van der Waals surface area contributed by atoms with E-state index in [1.165, 1.54) is 19.3 Å². The Morgan fingerprint density at radius 1 is 1.10 bits per heavy atom. The third-order valence-corrected chi connectivity index (χ3v) is 4.47. The zero-order valence-corrected chi connectivity index (χ0v) is 13.3. The van der Waals surface area contributed by atoms with Gasteiger partial charge in [-0.2, -0.15) is 13.2 Å². The molecule has 0 aromatic carbocycles. The topological polar surface area (TPSA) is 12.0 Å². The van der Waals surface area contributed by atoms with Crippen LogP contribution in [0.2, 0.25) is 0 Å². The van der Waals surface area contributed by atoms with Crippen molar-refractivity contribution in [2.75, 3.05) is 0 Å². The summed E-state index contributed by atoms with van der Waals surface area (Å²) in [6.45, 7) is 8.83. The Labute approximate surface area is 121 Å². The third kappa shape index (κ3) is 6.47. The molecule has 0 bridgehead atoms. The molecule has 0 heterocycles. The van der Waals surface area contributed by atoms with Crippen LogP contribution in [0.3, 0.4) is 0 Å². The Kier molecular flexibility index (Phi) is 6.36. The average Bonchev–Trinajstić information content (AvgIpc) is 2.26. The first-order chi connectivity index (χ1) is 9.09. The third-order valence-electron chi connectivity index (χ3n) is 4.47. The Bertz CT molecular complexity index is 280. The number of alkyl halides is 3. The fourth-order valence-electron chi connectivity index (χ4n) is 3.42. The molecule has 20 heavy (non-hydrogen) atoms. The maximum atomic E-state index is 12.2. The van der Waals surface area contributed by atoms with Gasteiger partial charge in [0, 0.05) is 18.5 Å². The van der Waals surface area contributed by atoms with Crippen molar-refractivity contribution in [3.05, 3.63) is 0 Å². The molecular weight excluding hydrogens is 263 g/mol. The van der Waals surface area contributed by atoms with Gasteiger partial charge in [-0.15, -0.1) is 0 Å². The number of rotatable bonds is 5. The zero-order chi connectivity index (χ0) is 15.4. The first-order valence-electron chi connectivity index (χ1n) is 7.92. The van der Waals surface area contributed by atoms with Crippen LogP contribution in [0, 0.1) is 11.3 Å². The van der Waals surface area contributed by atoms with Gasteiger partial charge in [0.2, 0.25) is 0 Å². The molecule has 1 N–H and O–H groups in total. The molecule has 0 radical (unpaired) electrons. The molecule has 0 spiro atoms. The van der Waals surface area contributed by atoms with Crippen LogP contribution in [-0.2, 0) is 0 Å². The average molecular weight is 293 g/mol. The monoisotopic (exact) mass is 293 g/mol. The normalized spacial score (nSPS) is 26.6. The SMILES string of the molecule is CC(CCCC(F)(F)F)NC1CCCCC1C(C)(C)C. The molecule has 1 rings (SSSR count). The van der Waals surface area contributed by atoms with E-state index in [4.69, 9.17) is 0 Å². The van der Waals surface area contributed by atoms with Gasteiger partial charge in [0.15, 0.2) is 0 Å². The van der Waals surface area contributed by atoms with Gasteiger partial charge in [-0.25, -0.2) is 0 Å². The summed E-state index contributed by atoms with van der Waals surface area (Å²) < 4.78 is 36.5. The van der Waals surface area contributed by atoms with Crippen LogP contribution < -0.4 is 5.32 Å². The number of nitrogens with one attached hydrogen (secondary N) is 1. The molecule has 120 valence electrons. The molecule has 3 unspecified atom stereocenters. The van der Waals surface area contributed by atoms with Crippen molar-refractivity contribution in [3.8, 4) is 0 Å². The standard InChI is InChI=1S/C16H30F3N/c1-12(8-7-11-16(17,18)19)20-14-10-6-5-9-13(14)15(2,3)4/h12-14,20H,5-11H2,1-4H3. The molecule has 0 amide bonds. The number of hydrogen-bond acceptors (Lipinski definition) is 1. The summed E-state index contributed by atoms with van der Waals surface area (Å²) in [5.41, 5.74) is 0.268. The molecule has 0 saturated heterocycles. The van der Waals surface area contributed by atoms with Crippen molar-refractivity contribution < 1.29 is 13.2 Å². The van der Waals surface area contributed by atoms with E-state index in [-0.39, 0.29) is 17.9 Å². The van der Waals surface area contributed by atoms with E-state index < -0.39 is 12.6 Å². The fraction of sp³-hybridized carbons (Fsp3) is 1.00.